The summed E-state index contributed by atoms with van der Waals surface area (Å²) in [5.41, 5.74) is 2.69. The van der Waals surface area contributed by atoms with Crippen LogP contribution < -0.4 is 0 Å². The predicted molar refractivity (Wildman–Crippen MR) is 101 cm³/mol. The van der Waals surface area contributed by atoms with Gasteiger partial charge in [-0.05, 0) is 32.1 Å². The Morgan fingerprint density at radius 3 is 3.07 bits per heavy atom. The SMILES string of the molecule is CN(CCCC1CCCO1)C(=O)c1n[nH]c2c1CCN(C(=O)c1cnc[nH]1)C2. The number of carbonyl (C=O) groups excluding carboxylic acids is 2. The Morgan fingerprint density at radius 1 is 1.43 bits per heavy atom. The van der Waals surface area contributed by atoms with Crippen LogP contribution in [0.5, 0.6) is 0 Å². The van der Waals surface area contributed by atoms with Crippen LogP contribution in [0.2, 0.25) is 0 Å². The minimum absolute atomic E-state index is 0.0711. The molecule has 1 atom stereocenters. The highest BCUT2D eigenvalue weighted by Crippen LogP contribution is 2.23. The van der Waals surface area contributed by atoms with Crippen molar-refractivity contribution in [2.75, 3.05) is 26.7 Å². The van der Waals surface area contributed by atoms with Crippen LogP contribution in [0.1, 0.15) is 57.9 Å². The van der Waals surface area contributed by atoms with Crippen molar-refractivity contribution < 1.29 is 14.3 Å². The average molecular weight is 386 g/mol. The molecule has 2 amide bonds. The molecule has 4 rings (SSSR count). The van der Waals surface area contributed by atoms with E-state index >= 15 is 0 Å². The molecule has 150 valence electrons. The zero-order valence-electron chi connectivity index (χ0n) is 16.1. The molecule has 1 saturated heterocycles. The lowest BCUT2D eigenvalue weighted by atomic mass is 10.0. The van der Waals surface area contributed by atoms with Crippen LogP contribution in [-0.2, 0) is 17.7 Å². The highest BCUT2D eigenvalue weighted by Gasteiger charge is 2.29. The Morgan fingerprint density at radius 2 is 2.32 bits per heavy atom. The van der Waals surface area contributed by atoms with Crippen LogP contribution in [0.15, 0.2) is 12.5 Å². The molecule has 0 spiro atoms. The molecule has 1 fully saturated rings. The van der Waals surface area contributed by atoms with Crippen LogP contribution in [0.3, 0.4) is 0 Å². The highest BCUT2D eigenvalue weighted by molar-refractivity contribution is 5.94. The maximum Gasteiger partial charge on any atom is 0.274 e. The van der Waals surface area contributed by atoms with Gasteiger partial charge in [-0.2, -0.15) is 5.10 Å². The van der Waals surface area contributed by atoms with E-state index in [4.69, 9.17) is 4.74 Å². The second kappa shape index (κ2) is 8.14. The Kier molecular flexibility index (Phi) is 5.43. The Hall–Kier alpha value is -2.68. The van der Waals surface area contributed by atoms with Gasteiger partial charge < -0.3 is 19.5 Å². The Labute approximate surface area is 163 Å². The molecule has 1 unspecified atom stereocenters. The molecule has 0 radical (unpaired) electrons. The summed E-state index contributed by atoms with van der Waals surface area (Å²) >= 11 is 0. The quantitative estimate of drug-likeness (QED) is 0.780. The molecular weight excluding hydrogens is 360 g/mol. The van der Waals surface area contributed by atoms with Gasteiger partial charge in [-0.15, -0.1) is 0 Å². The number of fused-ring (bicyclic) bond motifs is 1. The van der Waals surface area contributed by atoms with Crippen molar-refractivity contribution in [1.29, 1.82) is 0 Å². The zero-order valence-corrected chi connectivity index (χ0v) is 16.1. The van der Waals surface area contributed by atoms with Crippen molar-refractivity contribution in [2.45, 2.75) is 44.8 Å². The van der Waals surface area contributed by atoms with Gasteiger partial charge in [0.25, 0.3) is 11.8 Å². The lowest BCUT2D eigenvalue weighted by Crippen LogP contribution is -2.37. The van der Waals surface area contributed by atoms with Crippen LogP contribution >= 0.6 is 0 Å². The molecular formula is C19H26N6O3. The Bertz CT molecular complexity index is 825. The van der Waals surface area contributed by atoms with Crippen molar-refractivity contribution in [3.63, 3.8) is 0 Å². The topological polar surface area (TPSA) is 107 Å². The molecule has 0 saturated carbocycles. The van der Waals surface area contributed by atoms with Crippen molar-refractivity contribution in [1.82, 2.24) is 30.0 Å². The van der Waals surface area contributed by atoms with Crippen LogP contribution in [-0.4, -0.2) is 74.6 Å². The van der Waals surface area contributed by atoms with Crippen LogP contribution in [0, 0.1) is 0 Å². The smallest absolute Gasteiger partial charge is 0.274 e. The molecule has 2 N–H and O–H groups in total. The van der Waals surface area contributed by atoms with Crippen molar-refractivity contribution in [3.8, 4) is 0 Å². The van der Waals surface area contributed by atoms with E-state index in [0.717, 1.165) is 43.5 Å². The van der Waals surface area contributed by atoms with E-state index in [2.05, 4.69) is 20.2 Å². The number of imidazole rings is 1. The van der Waals surface area contributed by atoms with E-state index in [1.165, 1.54) is 12.5 Å². The summed E-state index contributed by atoms with van der Waals surface area (Å²) in [5.74, 6) is -0.171. The summed E-state index contributed by atoms with van der Waals surface area (Å²) < 4.78 is 5.64. The number of aromatic nitrogens is 4. The van der Waals surface area contributed by atoms with Gasteiger partial charge in [0.05, 0.1) is 30.9 Å². The first-order chi connectivity index (χ1) is 13.6. The number of amides is 2. The number of hydrogen-bond donors (Lipinski definition) is 2. The molecule has 2 aromatic heterocycles. The second-order valence-corrected chi connectivity index (χ2v) is 7.48. The molecule has 4 heterocycles. The average Bonchev–Trinajstić information content (AvgIpc) is 3.47. The van der Waals surface area contributed by atoms with E-state index in [9.17, 15) is 9.59 Å². The van der Waals surface area contributed by atoms with Crippen molar-refractivity contribution in [3.05, 3.63) is 35.2 Å². The van der Waals surface area contributed by atoms with Gasteiger partial charge in [0, 0.05) is 32.3 Å². The predicted octanol–water partition coefficient (Wildman–Crippen LogP) is 1.36. The second-order valence-electron chi connectivity index (χ2n) is 7.48. The van der Waals surface area contributed by atoms with Crippen LogP contribution in [0.4, 0.5) is 0 Å². The summed E-state index contributed by atoms with van der Waals surface area (Å²) in [4.78, 5) is 35.5. The maximum atomic E-state index is 12.8. The number of H-pyrrole nitrogens is 2. The number of carbonyl (C=O) groups is 2. The van der Waals surface area contributed by atoms with Gasteiger partial charge in [-0.3, -0.25) is 14.7 Å². The molecule has 2 aliphatic heterocycles. The van der Waals surface area contributed by atoms with Gasteiger partial charge in [-0.1, -0.05) is 0 Å². The summed E-state index contributed by atoms with van der Waals surface area (Å²) in [6, 6.07) is 0. The number of hydrogen-bond acceptors (Lipinski definition) is 5. The molecule has 2 aliphatic rings. The number of ether oxygens (including phenoxy) is 1. The minimum atomic E-state index is -0.100. The lowest BCUT2D eigenvalue weighted by Gasteiger charge is -2.26. The normalized spacial score (nSPS) is 18.9. The summed E-state index contributed by atoms with van der Waals surface area (Å²) in [6.07, 6.45) is 8.14. The van der Waals surface area contributed by atoms with E-state index < -0.39 is 0 Å². The zero-order chi connectivity index (χ0) is 19.5. The van der Waals surface area contributed by atoms with Gasteiger partial charge >= 0.3 is 0 Å². The van der Waals surface area contributed by atoms with Crippen molar-refractivity contribution >= 4 is 11.8 Å². The van der Waals surface area contributed by atoms with E-state index in [1.54, 1.807) is 9.80 Å². The van der Waals surface area contributed by atoms with E-state index in [-0.39, 0.29) is 11.8 Å². The molecule has 0 aliphatic carbocycles. The number of aromatic amines is 2. The fourth-order valence-electron chi connectivity index (χ4n) is 3.92. The molecule has 9 heteroatoms. The summed E-state index contributed by atoms with van der Waals surface area (Å²) in [5, 5.41) is 7.22. The molecule has 28 heavy (non-hydrogen) atoms. The van der Waals surface area contributed by atoms with E-state index in [1.807, 2.05) is 7.05 Å². The number of nitrogens with zero attached hydrogens (tertiary/aromatic N) is 4. The van der Waals surface area contributed by atoms with Crippen LogP contribution in [0.25, 0.3) is 0 Å². The van der Waals surface area contributed by atoms with Gasteiger partial charge in [-0.25, -0.2) is 4.98 Å². The highest BCUT2D eigenvalue weighted by atomic mass is 16.5. The monoisotopic (exact) mass is 386 g/mol. The number of nitrogens with one attached hydrogen (secondary N) is 2. The summed E-state index contributed by atoms with van der Waals surface area (Å²) in [7, 11) is 1.82. The molecule has 9 nitrogen and oxygen atoms in total. The first-order valence-corrected chi connectivity index (χ1v) is 9.84. The number of rotatable bonds is 6. The molecule has 0 bridgehead atoms. The third kappa shape index (κ3) is 3.80. The molecule has 0 aromatic carbocycles. The standard InChI is InChI=1S/C19H26N6O3/c1-24(7-2-4-13-5-3-9-28-13)19(27)17-14-6-8-25(11-16(14)22-23-17)18(26)15-10-20-12-21-15/h10,12-13H,2-9,11H2,1H3,(H,20,21)(H,22,23). The lowest BCUT2D eigenvalue weighted by molar-refractivity contribution is 0.0726. The van der Waals surface area contributed by atoms with Gasteiger partial charge in [0.1, 0.15) is 5.69 Å². The third-order valence-corrected chi connectivity index (χ3v) is 5.54. The molecule has 2 aromatic rings. The minimum Gasteiger partial charge on any atom is -0.378 e. The summed E-state index contributed by atoms with van der Waals surface area (Å²) in [6.45, 7) is 2.51. The third-order valence-electron chi connectivity index (χ3n) is 5.54. The van der Waals surface area contributed by atoms with Gasteiger partial charge in [0.15, 0.2) is 5.69 Å². The first kappa shape index (κ1) is 18.7. The van der Waals surface area contributed by atoms with Crippen molar-refractivity contribution in [2.24, 2.45) is 0 Å². The fourth-order valence-corrected chi connectivity index (χ4v) is 3.92. The largest absolute Gasteiger partial charge is 0.378 e. The fraction of sp³-hybridized carbons (Fsp3) is 0.579. The first-order valence-electron chi connectivity index (χ1n) is 9.84. The van der Waals surface area contributed by atoms with E-state index in [0.29, 0.717) is 43.5 Å². The Balaban J connectivity index is 1.35. The maximum absolute atomic E-state index is 12.8. The van der Waals surface area contributed by atoms with Gasteiger partial charge in [0.2, 0.25) is 0 Å².